The largest absolute Gasteiger partial charge is 0.496 e. The first-order valence-electron chi connectivity index (χ1n) is 10.9. The smallest absolute Gasteiger partial charge is 0.238 e. The predicted molar refractivity (Wildman–Crippen MR) is 138 cm³/mol. The first-order valence-corrected chi connectivity index (χ1v) is 12.9. The van der Waals surface area contributed by atoms with E-state index in [2.05, 4.69) is 28.4 Å². The van der Waals surface area contributed by atoms with Crippen LogP contribution in [0.2, 0.25) is 0 Å². The molecule has 5 rings (SSSR count). The molecule has 34 heavy (non-hydrogen) atoms. The van der Waals surface area contributed by atoms with Crippen LogP contribution in [0, 0.1) is 0 Å². The highest BCUT2D eigenvalue weighted by molar-refractivity contribution is 8.00. The van der Waals surface area contributed by atoms with E-state index in [1.807, 2.05) is 77.2 Å². The normalized spacial score (nSPS) is 15.1. The highest BCUT2D eigenvalue weighted by Gasteiger charge is 2.32. The standard InChI is InChI=1S/C26H24N4O2S2/c1-29-25(19-12-6-8-14-22(19)32-2)27-28-26(29)34-17-24(31)30-20-13-7-9-15-23(20)33-16-21(30)18-10-4-3-5-11-18/h3-15,21H,16-17H2,1-2H3. The summed E-state index contributed by atoms with van der Waals surface area (Å²) in [5, 5.41) is 9.40. The minimum atomic E-state index is -0.0159. The lowest BCUT2D eigenvalue weighted by Gasteiger charge is -2.37. The molecular weight excluding hydrogens is 464 g/mol. The molecule has 172 valence electrons. The van der Waals surface area contributed by atoms with Crippen molar-refractivity contribution in [1.29, 1.82) is 0 Å². The fourth-order valence-electron chi connectivity index (χ4n) is 4.12. The van der Waals surface area contributed by atoms with E-state index in [4.69, 9.17) is 4.74 Å². The molecular formula is C26H24N4O2S2. The number of carbonyl (C=O) groups is 1. The Labute approximate surface area is 207 Å². The topological polar surface area (TPSA) is 60.3 Å². The number of carbonyl (C=O) groups excluding carboxylic acids is 1. The van der Waals surface area contributed by atoms with E-state index >= 15 is 0 Å². The van der Waals surface area contributed by atoms with E-state index in [9.17, 15) is 4.79 Å². The zero-order chi connectivity index (χ0) is 23.5. The number of hydrogen-bond acceptors (Lipinski definition) is 6. The van der Waals surface area contributed by atoms with Crippen LogP contribution in [-0.4, -0.2) is 39.3 Å². The van der Waals surface area contributed by atoms with Gasteiger partial charge < -0.3 is 14.2 Å². The molecule has 1 aromatic heterocycles. The number of thioether (sulfide) groups is 2. The minimum Gasteiger partial charge on any atom is -0.496 e. The van der Waals surface area contributed by atoms with Crippen LogP contribution in [0.25, 0.3) is 11.4 Å². The van der Waals surface area contributed by atoms with Gasteiger partial charge in [0.1, 0.15) is 5.75 Å². The van der Waals surface area contributed by atoms with Gasteiger partial charge in [0, 0.05) is 17.7 Å². The molecule has 0 spiro atoms. The van der Waals surface area contributed by atoms with Crippen molar-refractivity contribution in [1.82, 2.24) is 14.8 Å². The van der Waals surface area contributed by atoms with E-state index in [0.29, 0.717) is 11.0 Å². The minimum absolute atomic E-state index is 0.0159. The van der Waals surface area contributed by atoms with E-state index in [-0.39, 0.29) is 17.7 Å². The summed E-state index contributed by atoms with van der Waals surface area (Å²) in [7, 11) is 3.55. The van der Waals surface area contributed by atoms with Crippen LogP contribution in [0.3, 0.4) is 0 Å². The predicted octanol–water partition coefficient (Wildman–Crippen LogP) is 5.46. The zero-order valence-electron chi connectivity index (χ0n) is 18.9. The Bertz CT molecular complexity index is 1310. The highest BCUT2D eigenvalue weighted by atomic mass is 32.2. The average Bonchev–Trinajstić information content (AvgIpc) is 3.26. The van der Waals surface area contributed by atoms with Gasteiger partial charge in [-0.25, -0.2) is 0 Å². The van der Waals surface area contributed by atoms with Crippen LogP contribution in [0.5, 0.6) is 5.75 Å². The molecule has 0 radical (unpaired) electrons. The highest BCUT2D eigenvalue weighted by Crippen LogP contribution is 2.43. The Morgan fingerprint density at radius 1 is 1.03 bits per heavy atom. The maximum absolute atomic E-state index is 13.6. The fraction of sp³-hybridized carbons (Fsp3) is 0.192. The van der Waals surface area contributed by atoms with Crippen LogP contribution < -0.4 is 9.64 Å². The summed E-state index contributed by atoms with van der Waals surface area (Å²) in [4.78, 5) is 16.7. The molecule has 6 nitrogen and oxygen atoms in total. The number of nitrogens with zero attached hydrogens (tertiary/aromatic N) is 4. The number of anilines is 1. The van der Waals surface area contributed by atoms with Crippen LogP contribution in [0.1, 0.15) is 11.6 Å². The fourth-order valence-corrected chi connectivity index (χ4v) is 6.06. The molecule has 1 aliphatic heterocycles. The summed E-state index contributed by atoms with van der Waals surface area (Å²) in [5.41, 5.74) is 2.97. The van der Waals surface area contributed by atoms with E-state index in [1.54, 1.807) is 18.9 Å². The summed E-state index contributed by atoms with van der Waals surface area (Å²) >= 11 is 3.20. The number of aromatic nitrogens is 3. The number of para-hydroxylation sites is 2. The molecule has 0 saturated heterocycles. The summed E-state index contributed by atoms with van der Waals surface area (Å²) in [6.07, 6.45) is 0. The van der Waals surface area contributed by atoms with E-state index < -0.39 is 0 Å². The Balaban J connectivity index is 1.40. The SMILES string of the molecule is COc1ccccc1-c1nnc(SCC(=O)N2c3ccccc3SCC2c2ccccc2)n1C. The van der Waals surface area contributed by atoms with Gasteiger partial charge in [0.25, 0.3) is 0 Å². The Kier molecular flexibility index (Phi) is 6.60. The molecule has 8 heteroatoms. The molecule has 0 N–H and O–H groups in total. The lowest BCUT2D eigenvalue weighted by Crippen LogP contribution is -2.39. The Hall–Kier alpha value is -3.23. The number of benzene rings is 3. The average molecular weight is 489 g/mol. The van der Waals surface area contributed by atoms with Gasteiger partial charge >= 0.3 is 0 Å². The molecule has 1 unspecified atom stereocenters. The molecule has 3 aromatic carbocycles. The molecule has 1 amide bonds. The van der Waals surface area contributed by atoms with Crippen molar-refractivity contribution in [2.45, 2.75) is 16.1 Å². The number of fused-ring (bicyclic) bond motifs is 1. The molecule has 0 saturated carbocycles. The molecule has 0 bridgehead atoms. The van der Waals surface area contributed by atoms with Gasteiger partial charge in [-0.1, -0.05) is 66.4 Å². The maximum Gasteiger partial charge on any atom is 0.238 e. The Morgan fingerprint density at radius 2 is 1.76 bits per heavy atom. The van der Waals surface area contributed by atoms with Crippen molar-refractivity contribution >= 4 is 35.1 Å². The van der Waals surface area contributed by atoms with E-state index in [1.165, 1.54) is 11.8 Å². The van der Waals surface area contributed by atoms with Gasteiger partial charge in [0.05, 0.1) is 30.2 Å². The maximum atomic E-state index is 13.6. The van der Waals surface area contributed by atoms with Gasteiger partial charge in [-0.3, -0.25) is 4.79 Å². The van der Waals surface area contributed by atoms with Crippen molar-refractivity contribution in [2.75, 3.05) is 23.5 Å². The molecule has 2 heterocycles. The molecule has 0 aliphatic carbocycles. The third kappa shape index (κ3) is 4.31. The van der Waals surface area contributed by atoms with Gasteiger partial charge in [-0.05, 0) is 29.8 Å². The van der Waals surface area contributed by atoms with Crippen molar-refractivity contribution < 1.29 is 9.53 Å². The summed E-state index contributed by atoms with van der Waals surface area (Å²) in [6.45, 7) is 0. The molecule has 1 aliphatic rings. The molecule has 1 atom stereocenters. The van der Waals surface area contributed by atoms with Crippen LogP contribution in [0.4, 0.5) is 5.69 Å². The lowest BCUT2D eigenvalue weighted by atomic mass is 10.1. The molecule has 4 aromatic rings. The zero-order valence-corrected chi connectivity index (χ0v) is 20.6. The first-order chi connectivity index (χ1) is 16.7. The number of hydrogen-bond donors (Lipinski definition) is 0. The molecule has 0 fully saturated rings. The second-order valence-electron chi connectivity index (χ2n) is 7.82. The van der Waals surface area contributed by atoms with Crippen LogP contribution in [-0.2, 0) is 11.8 Å². The van der Waals surface area contributed by atoms with Gasteiger partial charge in [-0.2, -0.15) is 0 Å². The summed E-state index contributed by atoms with van der Waals surface area (Å²) in [6, 6.07) is 26.1. The van der Waals surface area contributed by atoms with Crippen molar-refractivity contribution in [3.05, 3.63) is 84.4 Å². The second-order valence-corrected chi connectivity index (χ2v) is 9.83. The summed E-state index contributed by atoms with van der Waals surface area (Å²) < 4.78 is 7.39. The van der Waals surface area contributed by atoms with Crippen LogP contribution >= 0.6 is 23.5 Å². The van der Waals surface area contributed by atoms with Gasteiger partial charge in [-0.15, -0.1) is 22.0 Å². The third-order valence-electron chi connectivity index (χ3n) is 5.79. The number of amides is 1. The monoisotopic (exact) mass is 488 g/mol. The summed E-state index contributed by atoms with van der Waals surface area (Å²) in [5.74, 6) is 2.57. The van der Waals surface area contributed by atoms with Crippen molar-refractivity contribution in [2.24, 2.45) is 7.05 Å². The van der Waals surface area contributed by atoms with E-state index in [0.717, 1.165) is 33.2 Å². The second kappa shape index (κ2) is 9.95. The van der Waals surface area contributed by atoms with Gasteiger partial charge in [0.2, 0.25) is 5.91 Å². The number of ether oxygens (including phenoxy) is 1. The van der Waals surface area contributed by atoms with Crippen LogP contribution in [0.15, 0.2) is 88.9 Å². The van der Waals surface area contributed by atoms with Crippen molar-refractivity contribution in [3.8, 4) is 17.1 Å². The van der Waals surface area contributed by atoms with Crippen molar-refractivity contribution in [3.63, 3.8) is 0 Å². The lowest BCUT2D eigenvalue weighted by molar-refractivity contribution is -0.116. The quantitative estimate of drug-likeness (QED) is 0.336. The Morgan fingerprint density at radius 3 is 2.59 bits per heavy atom. The first kappa shape index (κ1) is 22.6. The van der Waals surface area contributed by atoms with Gasteiger partial charge in [0.15, 0.2) is 11.0 Å². The number of methoxy groups -OCH3 is 1. The third-order valence-corrected chi connectivity index (χ3v) is 7.94. The number of rotatable bonds is 6.